The number of carbonyl (C=O) groups excluding carboxylic acids is 1. The van der Waals surface area contributed by atoms with E-state index < -0.39 is 0 Å². The molecule has 1 amide bonds. The maximum Gasteiger partial charge on any atom is 0.257 e. The molecule has 1 saturated heterocycles. The van der Waals surface area contributed by atoms with E-state index in [-0.39, 0.29) is 5.91 Å². The molecule has 0 bridgehead atoms. The van der Waals surface area contributed by atoms with Crippen LogP contribution in [0.1, 0.15) is 16.8 Å². The Labute approximate surface area is 126 Å². The molecule has 21 heavy (non-hydrogen) atoms. The zero-order valence-electron chi connectivity index (χ0n) is 13.3. The molecule has 1 aromatic rings. The minimum Gasteiger partial charge on any atom is -0.497 e. The number of hydrogen-bond acceptors (Lipinski definition) is 4. The summed E-state index contributed by atoms with van der Waals surface area (Å²) in [5, 5.41) is 0. The number of likely N-dealkylation sites (tertiary alicyclic amines) is 1. The van der Waals surface area contributed by atoms with Crippen LogP contribution in [0.2, 0.25) is 0 Å². The van der Waals surface area contributed by atoms with E-state index in [2.05, 4.69) is 11.9 Å². The van der Waals surface area contributed by atoms with Crippen molar-refractivity contribution in [3.63, 3.8) is 0 Å². The molecule has 0 spiro atoms. The molecule has 0 N–H and O–H groups in total. The molecular formula is C16H24N2O3. The van der Waals surface area contributed by atoms with E-state index in [0.29, 0.717) is 23.0 Å². The Morgan fingerprint density at radius 1 is 1.38 bits per heavy atom. The summed E-state index contributed by atoms with van der Waals surface area (Å²) in [6, 6.07) is 5.29. The molecule has 5 heteroatoms. The van der Waals surface area contributed by atoms with Crippen LogP contribution in [-0.4, -0.2) is 63.7 Å². The Bertz CT molecular complexity index is 504. The lowest BCUT2D eigenvalue weighted by Crippen LogP contribution is -2.33. The van der Waals surface area contributed by atoms with E-state index in [1.165, 1.54) is 0 Å². The van der Waals surface area contributed by atoms with Crippen molar-refractivity contribution in [1.29, 1.82) is 0 Å². The minimum absolute atomic E-state index is 0.0275. The number of carbonyl (C=O) groups is 1. The van der Waals surface area contributed by atoms with Gasteiger partial charge in [0.25, 0.3) is 5.91 Å². The van der Waals surface area contributed by atoms with E-state index in [0.717, 1.165) is 26.1 Å². The standard InChI is InChI=1S/C16H24N2O3/c1-17-8-7-12(10-17)11-18(2)16(19)14-9-13(20-3)5-6-15(14)21-4/h5-6,9,12H,7-8,10-11H2,1-4H3. The Kier molecular flexibility index (Phi) is 5.07. The van der Waals surface area contributed by atoms with Crippen LogP contribution in [0.25, 0.3) is 0 Å². The lowest BCUT2D eigenvalue weighted by Gasteiger charge is -2.22. The van der Waals surface area contributed by atoms with Gasteiger partial charge in [0.05, 0.1) is 19.8 Å². The average Bonchev–Trinajstić information content (AvgIpc) is 2.90. The van der Waals surface area contributed by atoms with E-state index >= 15 is 0 Å². The predicted molar refractivity (Wildman–Crippen MR) is 82.1 cm³/mol. The highest BCUT2D eigenvalue weighted by atomic mass is 16.5. The molecule has 2 rings (SSSR count). The number of rotatable bonds is 5. The van der Waals surface area contributed by atoms with Crippen LogP contribution < -0.4 is 9.47 Å². The van der Waals surface area contributed by atoms with Crippen molar-refractivity contribution in [2.45, 2.75) is 6.42 Å². The fraction of sp³-hybridized carbons (Fsp3) is 0.562. The first-order chi connectivity index (χ1) is 10.0. The number of hydrogen-bond donors (Lipinski definition) is 0. The van der Waals surface area contributed by atoms with Crippen molar-refractivity contribution in [2.75, 3.05) is 47.9 Å². The summed E-state index contributed by atoms with van der Waals surface area (Å²) in [7, 11) is 7.13. The van der Waals surface area contributed by atoms with E-state index in [9.17, 15) is 4.79 Å². The number of methoxy groups -OCH3 is 2. The van der Waals surface area contributed by atoms with Gasteiger partial charge in [-0.1, -0.05) is 0 Å². The van der Waals surface area contributed by atoms with Crippen LogP contribution in [0, 0.1) is 5.92 Å². The second-order valence-electron chi connectivity index (χ2n) is 5.67. The molecule has 0 aromatic heterocycles. The topological polar surface area (TPSA) is 42.0 Å². The van der Waals surface area contributed by atoms with Gasteiger partial charge in [-0.05, 0) is 44.1 Å². The third kappa shape index (κ3) is 3.67. The maximum absolute atomic E-state index is 12.6. The summed E-state index contributed by atoms with van der Waals surface area (Å²) in [6.45, 7) is 2.92. The zero-order chi connectivity index (χ0) is 15.4. The second-order valence-corrected chi connectivity index (χ2v) is 5.67. The van der Waals surface area contributed by atoms with Crippen molar-refractivity contribution in [2.24, 2.45) is 5.92 Å². The summed E-state index contributed by atoms with van der Waals surface area (Å²) >= 11 is 0. The molecule has 0 saturated carbocycles. The Morgan fingerprint density at radius 2 is 2.14 bits per heavy atom. The molecule has 1 unspecified atom stereocenters. The minimum atomic E-state index is -0.0275. The van der Waals surface area contributed by atoms with E-state index in [1.807, 2.05) is 7.05 Å². The third-order valence-electron chi connectivity index (χ3n) is 4.00. The lowest BCUT2D eigenvalue weighted by atomic mass is 10.1. The summed E-state index contributed by atoms with van der Waals surface area (Å²) < 4.78 is 10.5. The molecule has 1 aromatic carbocycles. The third-order valence-corrected chi connectivity index (χ3v) is 4.00. The SMILES string of the molecule is COc1ccc(OC)c(C(=O)N(C)CC2CCN(C)C2)c1. The van der Waals surface area contributed by atoms with Crippen LogP contribution in [-0.2, 0) is 0 Å². The van der Waals surface area contributed by atoms with Crippen molar-refractivity contribution >= 4 is 5.91 Å². The van der Waals surface area contributed by atoms with Crippen molar-refractivity contribution in [3.8, 4) is 11.5 Å². The highest BCUT2D eigenvalue weighted by Gasteiger charge is 2.24. The number of ether oxygens (including phenoxy) is 2. The van der Waals surface area contributed by atoms with Crippen molar-refractivity contribution < 1.29 is 14.3 Å². The van der Waals surface area contributed by atoms with Crippen LogP contribution >= 0.6 is 0 Å². The van der Waals surface area contributed by atoms with Gasteiger partial charge < -0.3 is 19.3 Å². The molecule has 1 atom stereocenters. The predicted octanol–water partition coefficient (Wildman–Crippen LogP) is 1.73. The van der Waals surface area contributed by atoms with Gasteiger partial charge >= 0.3 is 0 Å². The van der Waals surface area contributed by atoms with E-state index in [4.69, 9.17) is 9.47 Å². The molecule has 116 valence electrons. The highest BCUT2D eigenvalue weighted by Crippen LogP contribution is 2.25. The highest BCUT2D eigenvalue weighted by molar-refractivity contribution is 5.97. The first-order valence-electron chi connectivity index (χ1n) is 7.21. The van der Waals surface area contributed by atoms with Gasteiger partial charge in [0.1, 0.15) is 11.5 Å². The first-order valence-corrected chi connectivity index (χ1v) is 7.21. The molecule has 0 aliphatic carbocycles. The van der Waals surface area contributed by atoms with Crippen LogP contribution in [0.4, 0.5) is 0 Å². The quantitative estimate of drug-likeness (QED) is 0.829. The maximum atomic E-state index is 12.6. The average molecular weight is 292 g/mol. The largest absolute Gasteiger partial charge is 0.497 e. The fourth-order valence-corrected chi connectivity index (χ4v) is 2.83. The summed E-state index contributed by atoms with van der Waals surface area (Å²) in [5.74, 6) is 1.75. The Hall–Kier alpha value is -1.75. The normalized spacial score (nSPS) is 18.6. The van der Waals surface area contributed by atoms with Gasteiger partial charge in [-0.2, -0.15) is 0 Å². The van der Waals surface area contributed by atoms with Gasteiger partial charge in [0.2, 0.25) is 0 Å². The van der Waals surface area contributed by atoms with Gasteiger partial charge in [-0.25, -0.2) is 0 Å². The molecule has 5 nitrogen and oxygen atoms in total. The number of benzene rings is 1. The van der Waals surface area contributed by atoms with Crippen LogP contribution in [0.5, 0.6) is 11.5 Å². The van der Waals surface area contributed by atoms with Gasteiger partial charge in [0.15, 0.2) is 0 Å². The summed E-state index contributed by atoms with van der Waals surface area (Å²) in [6.07, 6.45) is 1.14. The first kappa shape index (κ1) is 15.6. The fourth-order valence-electron chi connectivity index (χ4n) is 2.83. The zero-order valence-corrected chi connectivity index (χ0v) is 13.3. The van der Waals surface area contributed by atoms with Gasteiger partial charge in [-0.15, -0.1) is 0 Å². The second kappa shape index (κ2) is 6.80. The molecule has 1 heterocycles. The Balaban J connectivity index is 2.10. The number of amides is 1. The molecule has 1 aliphatic rings. The molecule has 0 radical (unpaired) electrons. The van der Waals surface area contributed by atoms with Crippen LogP contribution in [0.3, 0.4) is 0 Å². The molecule has 1 aliphatic heterocycles. The summed E-state index contributed by atoms with van der Waals surface area (Å²) in [4.78, 5) is 16.7. The van der Waals surface area contributed by atoms with Crippen molar-refractivity contribution in [3.05, 3.63) is 23.8 Å². The van der Waals surface area contributed by atoms with Gasteiger partial charge in [-0.3, -0.25) is 4.79 Å². The van der Waals surface area contributed by atoms with Crippen LogP contribution in [0.15, 0.2) is 18.2 Å². The van der Waals surface area contributed by atoms with Gasteiger partial charge in [0, 0.05) is 20.1 Å². The number of nitrogens with zero attached hydrogens (tertiary/aromatic N) is 2. The monoisotopic (exact) mass is 292 g/mol. The summed E-state index contributed by atoms with van der Waals surface area (Å²) in [5.41, 5.74) is 0.547. The smallest absolute Gasteiger partial charge is 0.257 e. The molecule has 1 fully saturated rings. The van der Waals surface area contributed by atoms with Crippen molar-refractivity contribution in [1.82, 2.24) is 9.80 Å². The van der Waals surface area contributed by atoms with E-state index in [1.54, 1.807) is 37.3 Å². The lowest BCUT2D eigenvalue weighted by molar-refractivity contribution is 0.0770. The Morgan fingerprint density at radius 3 is 2.71 bits per heavy atom. The molecular weight excluding hydrogens is 268 g/mol.